The second-order valence-corrected chi connectivity index (χ2v) is 4.06. The standard InChI is InChI=1S/C11H16N6/c1-8-9(7-17(4)15-8)13-10-5-6-12-11(14-10)16(2)3/h5-7H,1-4H3,(H,12,13,14). The molecule has 0 aliphatic carbocycles. The zero-order valence-electron chi connectivity index (χ0n) is 10.5. The van der Waals surface area contributed by atoms with Crippen molar-refractivity contribution in [3.05, 3.63) is 24.2 Å². The second-order valence-electron chi connectivity index (χ2n) is 4.06. The van der Waals surface area contributed by atoms with Crippen LogP contribution in [0.1, 0.15) is 5.69 Å². The van der Waals surface area contributed by atoms with Gasteiger partial charge in [-0.3, -0.25) is 4.68 Å². The molecular weight excluding hydrogens is 216 g/mol. The molecule has 0 aliphatic rings. The Labute approximate surface area is 100 Å². The minimum atomic E-state index is 0.677. The molecule has 1 N–H and O–H groups in total. The molecule has 0 radical (unpaired) electrons. The smallest absolute Gasteiger partial charge is 0.226 e. The molecule has 2 heterocycles. The third-order valence-corrected chi connectivity index (χ3v) is 2.32. The Morgan fingerprint density at radius 2 is 2.12 bits per heavy atom. The third-order valence-electron chi connectivity index (χ3n) is 2.32. The molecule has 17 heavy (non-hydrogen) atoms. The van der Waals surface area contributed by atoms with Crippen LogP contribution in [0.3, 0.4) is 0 Å². The number of aromatic nitrogens is 4. The molecule has 0 aromatic carbocycles. The van der Waals surface area contributed by atoms with Crippen molar-refractivity contribution in [2.75, 3.05) is 24.3 Å². The molecule has 0 atom stereocenters. The van der Waals surface area contributed by atoms with E-state index in [1.165, 1.54) is 0 Å². The van der Waals surface area contributed by atoms with Crippen molar-refractivity contribution in [3.8, 4) is 0 Å². The third kappa shape index (κ3) is 2.52. The number of hydrogen-bond donors (Lipinski definition) is 1. The number of anilines is 3. The highest BCUT2D eigenvalue weighted by Gasteiger charge is 2.05. The quantitative estimate of drug-likeness (QED) is 0.865. The number of rotatable bonds is 3. The zero-order valence-corrected chi connectivity index (χ0v) is 10.5. The summed E-state index contributed by atoms with van der Waals surface area (Å²) in [5.74, 6) is 1.44. The second kappa shape index (κ2) is 4.40. The van der Waals surface area contributed by atoms with Crippen LogP contribution < -0.4 is 10.2 Å². The normalized spacial score (nSPS) is 10.4. The van der Waals surface area contributed by atoms with Crippen LogP contribution in [-0.4, -0.2) is 33.8 Å². The number of aryl methyl sites for hydroxylation is 2. The van der Waals surface area contributed by atoms with Crippen molar-refractivity contribution in [1.29, 1.82) is 0 Å². The van der Waals surface area contributed by atoms with Crippen LogP contribution in [0.2, 0.25) is 0 Å². The predicted octanol–water partition coefficient (Wildman–Crippen LogP) is 1.33. The molecule has 2 aromatic rings. The maximum Gasteiger partial charge on any atom is 0.226 e. The van der Waals surface area contributed by atoms with E-state index in [1.807, 2.05) is 45.2 Å². The van der Waals surface area contributed by atoms with Gasteiger partial charge in [-0.15, -0.1) is 0 Å². The van der Waals surface area contributed by atoms with E-state index in [-0.39, 0.29) is 0 Å². The van der Waals surface area contributed by atoms with Crippen molar-refractivity contribution in [2.24, 2.45) is 7.05 Å². The SMILES string of the molecule is Cc1nn(C)cc1Nc1ccnc(N(C)C)n1. The van der Waals surface area contributed by atoms with Crippen molar-refractivity contribution < 1.29 is 0 Å². The average Bonchev–Trinajstić information content (AvgIpc) is 2.58. The van der Waals surface area contributed by atoms with Gasteiger partial charge in [0.1, 0.15) is 5.82 Å². The first-order chi connectivity index (χ1) is 8.06. The van der Waals surface area contributed by atoms with Crippen LogP contribution in [0.25, 0.3) is 0 Å². The van der Waals surface area contributed by atoms with E-state index in [0.717, 1.165) is 17.2 Å². The van der Waals surface area contributed by atoms with Crippen LogP contribution >= 0.6 is 0 Å². The molecule has 2 aromatic heterocycles. The molecule has 6 nitrogen and oxygen atoms in total. The number of nitrogens with one attached hydrogen (secondary N) is 1. The summed E-state index contributed by atoms with van der Waals surface area (Å²) >= 11 is 0. The highest BCUT2D eigenvalue weighted by Crippen LogP contribution is 2.18. The lowest BCUT2D eigenvalue weighted by atomic mass is 10.4. The highest BCUT2D eigenvalue weighted by molar-refractivity contribution is 5.58. The van der Waals surface area contributed by atoms with Gasteiger partial charge in [0, 0.05) is 33.5 Å². The van der Waals surface area contributed by atoms with Crippen LogP contribution in [0, 0.1) is 6.92 Å². The minimum Gasteiger partial charge on any atom is -0.347 e. The van der Waals surface area contributed by atoms with Gasteiger partial charge in [0.15, 0.2) is 0 Å². The molecule has 0 saturated carbocycles. The van der Waals surface area contributed by atoms with Gasteiger partial charge in [-0.25, -0.2) is 4.98 Å². The maximum atomic E-state index is 4.38. The van der Waals surface area contributed by atoms with Crippen molar-refractivity contribution in [2.45, 2.75) is 6.92 Å². The van der Waals surface area contributed by atoms with E-state index in [4.69, 9.17) is 0 Å². The fourth-order valence-electron chi connectivity index (χ4n) is 1.49. The molecule has 0 amide bonds. The molecule has 2 rings (SSSR count). The lowest BCUT2D eigenvalue weighted by Crippen LogP contribution is -2.13. The van der Waals surface area contributed by atoms with Gasteiger partial charge in [-0.05, 0) is 13.0 Å². The summed E-state index contributed by atoms with van der Waals surface area (Å²) in [6, 6.07) is 1.83. The molecule has 0 aliphatic heterocycles. The molecule has 0 bridgehead atoms. The summed E-state index contributed by atoms with van der Waals surface area (Å²) in [6.07, 6.45) is 3.66. The first-order valence-corrected chi connectivity index (χ1v) is 5.34. The fraction of sp³-hybridized carbons (Fsp3) is 0.364. The largest absolute Gasteiger partial charge is 0.347 e. The first kappa shape index (κ1) is 11.4. The lowest BCUT2D eigenvalue weighted by Gasteiger charge is -2.11. The molecule has 90 valence electrons. The summed E-state index contributed by atoms with van der Waals surface area (Å²) in [5, 5.41) is 7.49. The molecule has 6 heteroatoms. The Morgan fingerprint density at radius 1 is 1.35 bits per heavy atom. The van der Waals surface area contributed by atoms with Crippen LogP contribution in [-0.2, 0) is 7.05 Å². The number of nitrogens with zero attached hydrogens (tertiary/aromatic N) is 5. The Balaban J connectivity index is 2.24. The lowest BCUT2D eigenvalue weighted by molar-refractivity contribution is 0.756. The summed E-state index contributed by atoms with van der Waals surface area (Å²) in [7, 11) is 5.71. The molecule has 0 unspecified atom stereocenters. The topological polar surface area (TPSA) is 58.9 Å². The Morgan fingerprint density at radius 3 is 2.71 bits per heavy atom. The van der Waals surface area contributed by atoms with E-state index in [0.29, 0.717) is 5.95 Å². The molecular formula is C11H16N6. The van der Waals surface area contributed by atoms with Gasteiger partial charge in [0.05, 0.1) is 11.4 Å². The van der Waals surface area contributed by atoms with Crippen LogP contribution in [0.15, 0.2) is 18.5 Å². The van der Waals surface area contributed by atoms with E-state index in [9.17, 15) is 0 Å². The maximum absolute atomic E-state index is 4.38. The minimum absolute atomic E-state index is 0.677. The molecule has 0 saturated heterocycles. The average molecular weight is 232 g/mol. The first-order valence-electron chi connectivity index (χ1n) is 5.34. The van der Waals surface area contributed by atoms with Gasteiger partial charge in [0.25, 0.3) is 0 Å². The predicted molar refractivity (Wildman–Crippen MR) is 67.6 cm³/mol. The van der Waals surface area contributed by atoms with E-state index in [1.54, 1.807) is 10.9 Å². The van der Waals surface area contributed by atoms with Crippen LogP contribution in [0.5, 0.6) is 0 Å². The summed E-state index contributed by atoms with van der Waals surface area (Å²) in [6.45, 7) is 1.95. The van der Waals surface area contributed by atoms with Gasteiger partial charge >= 0.3 is 0 Å². The van der Waals surface area contributed by atoms with E-state index in [2.05, 4.69) is 20.4 Å². The van der Waals surface area contributed by atoms with Crippen molar-refractivity contribution >= 4 is 17.5 Å². The summed E-state index contributed by atoms with van der Waals surface area (Å²) < 4.78 is 1.77. The van der Waals surface area contributed by atoms with Crippen molar-refractivity contribution in [1.82, 2.24) is 19.7 Å². The summed E-state index contributed by atoms with van der Waals surface area (Å²) in [5.41, 5.74) is 1.90. The van der Waals surface area contributed by atoms with E-state index < -0.39 is 0 Å². The molecule has 0 spiro atoms. The zero-order chi connectivity index (χ0) is 12.4. The van der Waals surface area contributed by atoms with Gasteiger partial charge in [0.2, 0.25) is 5.95 Å². The highest BCUT2D eigenvalue weighted by atomic mass is 15.3. The van der Waals surface area contributed by atoms with E-state index >= 15 is 0 Å². The van der Waals surface area contributed by atoms with Gasteiger partial charge in [-0.1, -0.05) is 0 Å². The Hall–Kier alpha value is -2.11. The fourth-order valence-corrected chi connectivity index (χ4v) is 1.49. The van der Waals surface area contributed by atoms with Crippen molar-refractivity contribution in [3.63, 3.8) is 0 Å². The monoisotopic (exact) mass is 232 g/mol. The van der Waals surface area contributed by atoms with Gasteiger partial charge in [-0.2, -0.15) is 10.1 Å². The molecule has 0 fully saturated rings. The van der Waals surface area contributed by atoms with Gasteiger partial charge < -0.3 is 10.2 Å². The number of hydrogen-bond acceptors (Lipinski definition) is 5. The van der Waals surface area contributed by atoms with Crippen LogP contribution in [0.4, 0.5) is 17.5 Å². The Kier molecular flexibility index (Phi) is 2.95. The Bertz CT molecular complexity index is 516. The summed E-state index contributed by atoms with van der Waals surface area (Å²) in [4.78, 5) is 10.4.